The lowest BCUT2D eigenvalue weighted by Crippen LogP contribution is -2.40. The second kappa shape index (κ2) is 8.01. The Morgan fingerprint density at radius 2 is 1.77 bits per heavy atom. The molecule has 0 fully saturated rings. The molecule has 1 N–H and O–H groups in total. The number of nitriles is 1. The first-order chi connectivity index (χ1) is 12.3. The molecule has 0 saturated carbocycles. The number of hydrogen-bond donors (Lipinski definition) is 1. The van der Waals surface area contributed by atoms with Crippen molar-refractivity contribution in [3.05, 3.63) is 62.3 Å². The quantitative estimate of drug-likeness (QED) is 0.699. The van der Waals surface area contributed by atoms with Gasteiger partial charge in [0.1, 0.15) is 11.9 Å². The molecule has 0 aliphatic rings. The van der Waals surface area contributed by atoms with Crippen LogP contribution in [0.25, 0.3) is 0 Å². The Morgan fingerprint density at radius 1 is 1.12 bits per heavy atom. The molecule has 0 aliphatic heterocycles. The predicted octanol–water partition coefficient (Wildman–Crippen LogP) is 0.373. The standard InChI is InChI=1S/C17H20N4O4S/c1-20-15(14(11-18)16(22)21(2)17(20)23)19-9-6-10-26(24,25)12-13-7-4-3-5-8-13/h3-5,7-8,19H,6,9-10,12H2,1-2H3. The highest BCUT2D eigenvalue weighted by Crippen LogP contribution is 2.09. The van der Waals surface area contributed by atoms with Crippen molar-refractivity contribution in [2.45, 2.75) is 12.2 Å². The Labute approximate surface area is 151 Å². The SMILES string of the molecule is Cn1c(NCCCS(=O)(=O)Cc2ccccc2)c(C#N)c(=O)n(C)c1=O. The van der Waals surface area contributed by atoms with Gasteiger partial charge in [0, 0.05) is 20.6 Å². The lowest BCUT2D eigenvalue weighted by atomic mass is 10.2. The van der Waals surface area contributed by atoms with Crippen molar-refractivity contribution in [1.82, 2.24) is 9.13 Å². The summed E-state index contributed by atoms with van der Waals surface area (Å²) in [4.78, 5) is 23.9. The Kier molecular flexibility index (Phi) is 6.00. The molecule has 1 aromatic carbocycles. The molecule has 0 amide bonds. The van der Waals surface area contributed by atoms with Crippen LogP contribution in [-0.4, -0.2) is 29.8 Å². The normalized spacial score (nSPS) is 11.1. The van der Waals surface area contributed by atoms with Crippen molar-refractivity contribution >= 4 is 15.7 Å². The highest BCUT2D eigenvalue weighted by atomic mass is 32.2. The lowest BCUT2D eigenvalue weighted by molar-refractivity contribution is 0.593. The summed E-state index contributed by atoms with van der Waals surface area (Å²) in [5.74, 6) is 0.0121. The molecule has 1 heterocycles. The number of anilines is 1. The average Bonchev–Trinajstić information content (AvgIpc) is 2.61. The van der Waals surface area contributed by atoms with Crippen LogP contribution in [0.15, 0.2) is 39.9 Å². The van der Waals surface area contributed by atoms with Gasteiger partial charge in [-0.3, -0.25) is 13.9 Å². The van der Waals surface area contributed by atoms with Gasteiger partial charge in [-0.15, -0.1) is 0 Å². The Bertz CT molecular complexity index is 1050. The third kappa shape index (κ3) is 4.40. The predicted molar refractivity (Wildman–Crippen MR) is 98.7 cm³/mol. The molecule has 0 spiro atoms. The fourth-order valence-electron chi connectivity index (χ4n) is 2.55. The summed E-state index contributed by atoms with van der Waals surface area (Å²) < 4.78 is 26.4. The van der Waals surface area contributed by atoms with Crippen molar-refractivity contribution in [3.8, 4) is 6.07 Å². The number of nitrogens with zero attached hydrogens (tertiary/aromatic N) is 3. The van der Waals surface area contributed by atoms with Gasteiger partial charge in [0.15, 0.2) is 15.4 Å². The number of rotatable bonds is 7. The van der Waals surface area contributed by atoms with Crippen LogP contribution in [0, 0.1) is 11.3 Å². The molecule has 1 aromatic heterocycles. The van der Waals surface area contributed by atoms with Crippen LogP contribution >= 0.6 is 0 Å². The van der Waals surface area contributed by atoms with Crippen LogP contribution < -0.4 is 16.6 Å². The first kappa shape index (κ1) is 19.5. The van der Waals surface area contributed by atoms with E-state index in [0.29, 0.717) is 0 Å². The molecule has 0 bridgehead atoms. The van der Waals surface area contributed by atoms with E-state index in [9.17, 15) is 23.3 Å². The molecule has 9 heteroatoms. The minimum Gasteiger partial charge on any atom is -0.370 e. The summed E-state index contributed by atoms with van der Waals surface area (Å²) in [6.45, 7) is 0.211. The lowest BCUT2D eigenvalue weighted by Gasteiger charge is -2.13. The summed E-state index contributed by atoms with van der Waals surface area (Å²) in [7, 11) is -0.539. The fourth-order valence-corrected chi connectivity index (χ4v) is 3.98. The summed E-state index contributed by atoms with van der Waals surface area (Å²) in [5, 5.41) is 12.0. The average molecular weight is 376 g/mol. The van der Waals surface area contributed by atoms with E-state index in [0.717, 1.165) is 10.1 Å². The van der Waals surface area contributed by atoms with E-state index < -0.39 is 21.1 Å². The van der Waals surface area contributed by atoms with Crippen LogP contribution in [-0.2, 0) is 29.7 Å². The van der Waals surface area contributed by atoms with Gasteiger partial charge in [0.25, 0.3) is 5.56 Å². The van der Waals surface area contributed by atoms with Gasteiger partial charge in [0.05, 0.1) is 11.5 Å². The smallest absolute Gasteiger partial charge is 0.332 e. The van der Waals surface area contributed by atoms with E-state index in [-0.39, 0.29) is 35.9 Å². The van der Waals surface area contributed by atoms with Gasteiger partial charge >= 0.3 is 5.69 Å². The van der Waals surface area contributed by atoms with Gasteiger partial charge < -0.3 is 5.32 Å². The Balaban J connectivity index is 2.04. The van der Waals surface area contributed by atoms with Gasteiger partial charge in [-0.05, 0) is 12.0 Å². The van der Waals surface area contributed by atoms with Crippen molar-refractivity contribution in [3.63, 3.8) is 0 Å². The third-order valence-electron chi connectivity index (χ3n) is 3.93. The Hall–Kier alpha value is -2.86. The molecule has 0 saturated heterocycles. The largest absolute Gasteiger partial charge is 0.370 e. The van der Waals surface area contributed by atoms with Crippen molar-refractivity contribution in [2.24, 2.45) is 14.1 Å². The number of benzene rings is 1. The molecule has 0 unspecified atom stereocenters. The summed E-state index contributed by atoms with van der Waals surface area (Å²) in [5.41, 5.74) is -0.703. The fraction of sp³-hybridized carbons (Fsp3) is 0.353. The number of sulfone groups is 1. The highest BCUT2D eigenvalue weighted by Gasteiger charge is 2.16. The summed E-state index contributed by atoms with van der Waals surface area (Å²) in [6, 6.07) is 10.7. The van der Waals surface area contributed by atoms with E-state index >= 15 is 0 Å². The molecule has 0 aliphatic carbocycles. The number of nitrogens with one attached hydrogen (secondary N) is 1. The molecular weight excluding hydrogens is 356 g/mol. The van der Waals surface area contributed by atoms with Crippen LogP contribution in [0.1, 0.15) is 17.5 Å². The molecule has 2 rings (SSSR count). The maximum absolute atomic E-state index is 12.2. The zero-order valence-corrected chi connectivity index (χ0v) is 15.4. The summed E-state index contributed by atoms with van der Waals surface area (Å²) in [6.07, 6.45) is 0.281. The monoisotopic (exact) mass is 376 g/mol. The van der Waals surface area contributed by atoms with E-state index in [1.807, 2.05) is 6.07 Å². The van der Waals surface area contributed by atoms with Crippen LogP contribution in [0.5, 0.6) is 0 Å². The van der Waals surface area contributed by atoms with E-state index in [2.05, 4.69) is 5.32 Å². The maximum atomic E-state index is 12.2. The van der Waals surface area contributed by atoms with Crippen LogP contribution in [0.3, 0.4) is 0 Å². The second-order valence-corrected chi connectivity index (χ2v) is 8.08. The first-order valence-corrected chi connectivity index (χ1v) is 9.77. The molecule has 26 heavy (non-hydrogen) atoms. The van der Waals surface area contributed by atoms with Gasteiger partial charge in [-0.2, -0.15) is 5.26 Å². The molecular formula is C17H20N4O4S. The molecule has 8 nitrogen and oxygen atoms in total. The van der Waals surface area contributed by atoms with E-state index in [4.69, 9.17) is 0 Å². The molecule has 138 valence electrons. The zero-order valence-electron chi connectivity index (χ0n) is 14.6. The van der Waals surface area contributed by atoms with E-state index in [1.54, 1.807) is 30.3 Å². The van der Waals surface area contributed by atoms with Crippen LogP contribution in [0.2, 0.25) is 0 Å². The van der Waals surface area contributed by atoms with Crippen molar-refractivity contribution in [1.29, 1.82) is 5.26 Å². The topological polar surface area (TPSA) is 114 Å². The summed E-state index contributed by atoms with van der Waals surface area (Å²) >= 11 is 0. The van der Waals surface area contributed by atoms with E-state index in [1.165, 1.54) is 18.7 Å². The maximum Gasteiger partial charge on any atom is 0.332 e. The zero-order chi connectivity index (χ0) is 19.3. The van der Waals surface area contributed by atoms with Gasteiger partial charge in [-0.25, -0.2) is 13.2 Å². The minimum atomic E-state index is -3.28. The van der Waals surface area contributed by atoms with Crippen molar-refractivity contribution in [2.75, 3.05) is 17.6 Å². The number of hydrogen-bond acceptors (Lipinski definition) is 6. The van der Waals surface area contributed by atoms with Gasteiger partial charge in [-0.1, -0.05) is 30.3 Å². The minimum absolute atomic E-state index is 0.0400. The highest BCUT2D eigenvalue weighted by molar-refractivity contribution is 7.90. The van der Waals surface area contributed by atoms with Gasteiger partial charge in [0.2, 0.25) is 0 Å². The third-order valence-corrected chi connectivity index (χ3v) is 5.61. The second-order valence-electron chi connectivity index (χ2n) is 5.90. The molecule has 0 atom stereocenters. The Morgan fingerprint density at radius 3 is 2.38 bits per heavy atom. The van der Waals surface area contributed by atoms with Crippen molar-refractivity contribution < 1.29 is 8.42 Å². The van der Waals surface area contributed by atoms with Crippen LogP contribution in [0.4, 0.5) is 5.82 Å². The first-order valence-electron chi connectivity index (χ1n) is 7.95. The number of aromatic nitrogens is 2. The molecule has 2 aromatic rings. The molecule has 0 radical (unpaired) electrons.